The molecule has 2 aromatic rings. The molecule has 0 N–H and O–H groups in total. The van der Waals surface area contributed by atoms with Gasteiger partial charge in [-0.15, -0.1) is 0 Å². The summed E-state index contributed by atoms with van der Waals surface area (Å²) < 4.78 is 66.8. The standard InChI is InChI=1S/C11H6F5N3O3/c12-10(13)22-9-5-8(11(14,15)16)17-18(9)6-1-3-7(4-2-6)19(20)21/h1-5,10H. The number of benzene rings is 1. The Kier molecular flexibility index (Phi) is 3.97. The Bertz CT molecular complexity index is 681. The second kappa shape index (κ2) is 5.58. The molecule has 0 aliphatic rings. The fraction of sp³-hybridized carbons (Fsp3) is 0.182. The number of nitrogens with zero attached hydrogens (tertiary/aromatic N) is 3. The summed E-state index contributed by atoms with van der Waals surface area (Å²) in [5.41, 5.74) is -1.85. The Morgan fingerprint density at radius 2 is 1.82 bits per heavy atom. The third kappa shape index (κ3) is 3.30. The predicted molar refractivity (Wildman–Crippen MR) is 61.9 cm³/mol. The molecule has 6 nitrogen and oxygen atoms in total. The lowest BCUT2D eigenvalue weighted by Gasteiger charge is -2.07. The first-order valence-electron chi connectivity index (χ1n) is 5.55. The lowest BCUT2D eigenvalue weighted by Crippen LogP contribution is -2.09. The van der Waals surface area contributed by atoms with E-state index in [0.29, 0.717) is 10.7 Å². The van der Waals surface area contributed by atoms with Gasteiger partial charge in [0.15, 0.2) is 5.69 Å². The average molecular weight is 323 g/mol. The van der Waals surface area contributed by atoms with Crippen molar-refractivity contribution in [3.8, 4) is 11.6 Å². The molecule has 1 aromatic carbocycles. The van der Waals surface area contributed by atoms with E-state index < -0.39 is 29.3 Å². The van der Waals surface area contributed by atoms with E-state index >= 15 is 0 Å². The molecule has 2 rings (SSSR count). The average Bonchev–Trinajstić information content (AvgIpc) is 2.82. The highest BCUT2D eigenvalue weighted by molar-refractivity contribution is 5.42. The number of ether oxygens (including phenoxy) is 1. The van der Waals surface area contributed by atoms with Gasteiger partial charge < -0.3 is 4.74 Å². The lowest BCUT2D eigenvalue weighted by molar-refractivity contribution is -0.384. The van der Waals surface area contributed by atoms with Crippen LogP contribution < -0.4 is 4.74 Å². The summed E-state index contributed by atoms with van der Waals surface area (Å²) in [4.78, 5) is 9.79. The molecule has 0 fully saturated rings. The number of non-ortho nitro benzene ring substituents is 1. The van der Waals surface area contributed by atoms with Crippen molar-refractivity contribution >= 4 is 5.69 Å². The minimum Gasteiger partial charge on any atom is -0.417 e. The highest BCUT2D eigenvalue weighted by atomic mass is 19.4. The van der Waals surface area contributed by atoms with Crippen LogP contribution in [0.4, 0.5) is 27.6 Å². The van der Waals surface area contributed by atoms with E-state index in [4.69, 9.17) is 0 Å². The van der Waals surface area contributed by atoms with Crippen LogP contribution in [0.2, 0.25) is 0 Å². The van der Waals surface area contributed by atoms with Crippen molar-refractivity contribution in [2.75, 3.05) is 0 Å². The van der Waals surface area contributed by atoms with Gasteiger partial charge in [0.25, 0.3) is 5.69 Å². The molecule has 0 unspecified atom stereocenters. The second-order valence-electron chi connectivity index (χ2n) is 3.93. The van der Waals surface area contributed by atoms with Crippen LogP contribution in [-0.2, 0) is 6.18 Å². The number of hydrogen-bond donors (Lipinski definition) is 0. The van der Waals surface area contributed by atoms with Gasteiger partial charge in [-0.05, 0) is 12.1 Å². The molecular formula is C11H6F5N3O3. The predicted octanol–water partition coefficient (Wildman–Crippen LogP) is 3.40. The first kappa shape index (κ1) is 15.7. The molecule has 0 saturated heterocycles. The van der Waals surface area contributed by atoms with E-state index in [1.807, 2.05) is 0 Å². The number of aromatic nitrogens is 2. The van der Waals surface area contributed by atoms with Gasteiger partial charge in [0.2, 0.25) is 5.88 Å². The third-order valence-electron chi connectivity index (χ3n) is 2.48. The molecule has 0 amide bonds. The minimum atomic E-state index is -4.85. The topological polar surface area (TPSA) is 70.2 Å². The van der Waals surface area contributed by atoms with Crippen LogP contribution in [0.25, 0.3) is 5.69 Å². The zero-order chi connectivity index (χ0) is 16.5. The van der Waals surface area contributed by atoms with Crippen molar-refractivity contribution in [3.05, 3.63) is 46.1 Å². The second-order valence-corrected chi connectivity index (χ2v) is 3.93. The highest BCUT2D eigenvalue weighted by Gasteiger charge is 2.36. The van der Waals surface area contributed by atoms with Gasteiger partial charge in [0, 0.05) is 18.2 Å². The minimum absolute atomic E-state index is 0.100. The van der Waals surface area contributed by atoms with Crippen LogP contribution in [0.1, 0.15) is 5.69 Å². The molecular weight excluding hydrogens is 317 g/mol. The molecule has 0 atom stereocenters. The van der Waals surface area contributed by atoms with Gasteiger partial charge >= 0.3 is 12.8 Å². The third-order valence-corrected chi connectivity index (χ3v) is 2.48. The van der Waals surface area contributed by atoms with Gasteiger partial charge in [0.1, 0.15) is 0 Å². The maximum Gasteiger partial charge on any atom is 0.435 e. The normalized spacial score (nSPS) is 11.7. The summed E-state index contributed by atoms with van der Waals surface area (Å²) in [6, 6.07) is 4.42. The van der Waals surface area contributed by atoms with E-state index in [1.54, 1.807) is 0 Å². The Hall–Kier alpha value is -2.72. The van der Waals surface area contributed by atoms with Crippen molar-refractivity contribution in [1.82, 2.24) is 9.78 Å². The molecule has 1 heterocycles. The molecule has 1 aromatic heterocycles. The summed E-state index contributed by atoms with van der Waals surface area (Å²) in [7, 11) is 0. The Morgan fingerprint density at radius 3 is 2.27 bits per heavy atom. The van der Waals surface area contributed by atoms with Crippen LogP contribution >= 0.6 is 0 Å². The number of halogens is 5. The number of rotatable bonds is 4. The van der Waals surface area contributed by atoms with E-state index in [1.165, 1.54) is 0 Å². The van der Waals surface area contributed by atoms with E-state index in [-0.39, 0.29) is 11.4 Å². The van der Waals surface area contributed by atoms with Gasteiger partial charge in [-0.3, -0.25) is 10.1 Å². The highest BCUT2D eigenvalue weighted by Crippen LogP contribution is 2.32. The monoisotopic (exact) mass is 323 g/mol. The van der Waals surface area contributed by atoms with Crippen LogP contribution in [-0.4, -0.2) is 21.3 Å². The molecule has 0 saturated carbocycles. The summed E-state index contributed by atoms with van der Waals surface area (Å²) in [5, 5.41) is 13.7. The van der Waals surface area contributed by atoms with Crippen molar-refractivity contribution in [1.29, 1.82) is 0 Å². The van der Waals surface area contributed by atoms with E-state index in [0.717, 1.165) is 24.3 Å². The number of alkyl halides is 5. The fourth-order valence-electron chi connectivity index (χ4n) is 1.58. The zero-order valence-electron chi connectivity index (χ0n) is 10.4. The lowest BCUT2D eigenvalue weighted by atomic mass is 10.3. The first-order valence-corrected chi connectivity index (χ1v) is 5.55. The van der Waals surface area contributed by atoms with Gasteiger partial charge in [-0.25, -0.2) is 4.68 Å². The van der Waals surface area contributed by atoms with Crippen LogP contribution in [0.15, 0.2) is 30.3 Å². The summed E-state index contributed by atoms with van der Waals surface area (Å²) in [6.07, 6.45) is -4.85. The number of nitro benzene ring substituents is 1. The quantitative estimate of drug-likeness (QED) is 0.491. The molecule has 118 valence electrons. The number of hydrogen-bond acceptors (Lipinski definition) is 4. The first-order chi connectivity index (χ1) is 10.2. The van der Waals surface area contributed by atoms with Crippen molar-refractivity contribution in [3.63, 3.8) is 0 Å². The molecule has 0 bridgehead atoms. The Labute approximate surface area is 118 Å². The molecule has 22 heavy (non-hydrogen) atoms. The maximum atomic E-state index is 12.6. The largest absolute Gasteiger partial charge is 0.435 e. The summed E-state index contributed by atoms with van der Waals surface area (Å²) in [5.74, 6) is -0.837. The molecule has 11 heteroatoms. The van der Waals surface area contributed by atoms with Crippen LogP contribution in [0, 0.1) is 10.1 Å². The van der Waals surface area contributed by atoms with Gasteiger partial charge in [-0.1, -0.05) is 0 Å². The maximum absolute atomic E-state index is 12.6. The number of nitro groups is 1. The van der Waals surface area contributed by atoms with Gasteiger partial charge in [-0.2, -0.15) is 27.1 Å². The zero-order valence-corrected chi connectivity index (χ0v) is 10.4. The van der Waals surface area contributed by atoms with Crippen LogP contribution in [0.5, 0.6) is 5.88 Å². The molecule has 0 aliphatic heterocycles. The summed E-state index contributed by atoms with van der Waals surface area (Å²) >= 11 is 0. The fourth-order valence-corrected chi connectivity index (χ4v) is 1.58. The molecule has 0 radical (unpaired) electrons. The van der Waals surface area contributed by atoms with Gasteiger partial charge in [0.05, 0.1) is 10.6 Å². The van der Waals surface area contributed by atoms with E-state index in [2.05, 4.69) is 9.84 Å². The Morgan fingerprint density at radius 1 is 1.23 bits per heavy atom. The summed E-state index contributed by atoms with van der Waals surface area (Å²) in [6.45, 7) is -3.35. The van der Waals surface area contributed by atoms with Crippen LogP contribution in [0.3, 0.4) is 0 Å². The van der Waals surface area contributed by atoms with Crippen molar-refractivity contribution < 1.29 is 31.6 Å². The smallest absolute Gasteiger partial charge is 0.417 e. The SMILES string of the molecule is O=[N+]([O-])c1ccc(-n2nc(C(F)(F)F)cc2OC(F)F)cc1. The molecule has 0 spiro atoms. The van der Waals surface area contributed by atoms with E-state index in [9.17, 15) is 32.1 Å². The molecule has 0 aliphatic carbocycles. The van der Waals surface area contributed by atoms with Crippen molar-refractivity contribution in [2.24, 2.45) is 0 Å². The van der Waals surface area contributed by atoms with Crippen molar-refractivity contribution in [2.45, 2.75) is 12.8 Å². The Balaban J connectivity index is 2.47.